The molecular formula is C18H20N4OS2. The molecule has 0 saturated heterocycles. The molecule has 0 atom stereocenters. The van der Waals surface area contributed by atoms with Gasteiger partial charge in [-0.05, 0) is 44.4 Å². The van der Waals surface area contributed by atoms with Gasteiger partial charge in [0.15, 0.2) is 11.0 Å². The Bertz CT molecular complexity index is 839. The predicted molar refractivity (Wildman–Crippen MR) is 104 cm³/mol. The van der Waals surface area contributed by atoms with Crippen molar-refractivity contribution in [3.63, 3.8) is 0 Å². The van der Waals surface area contributed by atoms with Gasteiger partial charge in [-0.3, -0.25) is 9.36 Å². The number of benzene rings is 1. The SMILES string of the molecule is Cc1ccc(NC(=O)CSc2nnc(-c3cccs3)n2C(C)C)cc1. The van der Waals surface area contributed by atoms with Crippen molar-refractivity contribution in [2.24, 2.45) is 0 Å². The number of thiophene rings is 1. The first-order valence-corrected chi connectivity index (χ1v) is 9.89. The molecule has 2 aromatic heterocycles. The third-order valence-corrected chi connectivity index (χ3v) is 5.40. The number of thioether (sulfide) groups is 1. The van der Waals surface area contributed by atoms with Gasteiger partial charge in [0.2, 0.25) is 5.91 Å². The van der Waals surface area contributed by atoms with Gasteiger partial charge in [0.1, 0.15) is 0 Å². The normalized spacial score (nSPS) is 11.0. The van der Waals surface area contributed by atoms with Gasteiger partial charge in [-0.25, -0.2) is 0 Å². The molecule has 0 unspecified atom stereocenters. The molecule has 0 aliphatic carbocycles. The van der Waals surface area contributed by atoms with Crippen LogP contribution in [0.3, 0.4) is 0 Å². The smallest absolute Gasteiger partial charge is 0.234 e. The fourth-order valence-corrected chi connectivity index (χ4v) is 3.95. The number of anilines is 1. The van der Waals surface area contributed by atoms with Gasteiger partial charge in [-0.1, -0.05) is 35.5 Å². The summed E-state index contributed by atoms with van der Waals surface area (Å²) in [5.41, 5.74) is 1.97. The molecule has 1 N–H and O–H groups in total. The number of hydrogen-bond acceptors (Lipinski definition) is 5. The second kappa shape index (κ2) is 7.84. The van der Waals surface area contributed by atoms with Crippen LogP contribution in [0.15, 0.2) is 46.9 Å². The van der Waals surface area contributed by atoms with Crippen LogP contribution in [0.25, 0.3) is 10.7 Å². The van der Waals surface area contributed by atoms with E-state index in [-0.39, 0.29) is 11.9 Å². The maximum absolute atomic E-state index is 12.2. The summed E-state index contributed by atoms with van der Waals surface area (Å²) in [5, 5.41) is 14.3. The van der Waals surface area contributed by atoms with E-state index in [9.17, 15) is 4.79 Å². The minimum absolute atomic E-state index is 0.0511. The number of nitrogens with one attached hydrogen (secondary N) is 1. The van der Waals surface area contributed by atoms with Crippen LogP contribution in [-0.2, 0) is 4.79 Å². The Morgan fingerprint density at radius 2 is 2.00 bits per heavy atom. The van der Waals surface area contributed by atoms with Crippen LogP contribution in [0, 0.1) is 6.92 Å². The van der Waals surface area contributed by atoms with E-state index in [2.05, 4.69) is 33.9 Å². The average Bonchev–Trinajstić information content (AvgIpc) is 3.24. The number of aryl methyl sites for hydroxylation is 1. The molecule has 2 heterocycles. The van der Waals surface area contributed by atoms with Crippen molar-refractivity contribution in [1.82, 2.24) is 14.8 Å². The summed E-state index contributed by atoms with van der Waals surface area (Å²) in [6.45, 7) is 6.21. The summed E-state index contributed by atoms with van der Waals surface area (Å²) in [5.74, 6) is 1.10. The Labute approximate surface area is 155 Å². The Balaban J connectivity index is 1.68. The van der Waals surface area contributed by atoms with Gasteiger partial charge in [-0.2, -0.15) is 0 Å². The van der Waals surface area contributed by atoms with Gasteiger partial charge in [0.25, 0.3) is 0 Å². The van der Waals surface area contributed by atoms with Gasteiger partial charge < -0.3 is 5.32 Å². The fourth-order valence-electron chi connectivity index (χ4n) is 2.38. The molecule has 130 valence electrons. The highest BCUT2D eigenvalue weighted by Crippen LogP contribution is 2.30. The largest absolute Gasteiger partial charge is 0.325 e. The molecular weight excluding hydrogens is 352 g/mol. The van der Waals surface area contributed by atoms with E-state index in [0.29, 0.717) is 5.75 Å². The highest BCUT2D eigenvalue weighted by atomic mass is 32.2. The Morgan fingerprint density at radius 1 is 1.24 bits per heavy atom. The average molecular weight is 373 g/mol. The van der Waals surface area contributed by atoms with Crippen molar-refractivity contribution in [3.05, 3.63) is 47.3 Å². The Morgan fingerprint density at radius 3 is 2.64 bits per heavy atom. The first kappa shape index (κ1) is 17.7. The lowest BCUT2D eigenvalue weighted by molar-refractivity contribution is -0.113. The molecule has 1 aromatic carbocycles. The van der Waals surface area contributed by atoms with Crippen LogP contribution < -0.4 is 5.32 Å². The molecule has 7 heteroatoms. The highest BCUT2D eigenvalue weighted by Gasteiger charge is 2.18. The standard InChI is InChI=1S/C18H20N4OS2/c1-12(2)22-17(15-5-4-10-24-15)20-21-18(22)25-11-16(23)19-14-8-6-13(3)7-9-14/h4-10,12H,11H2,1-3H3,(H,19,23). The highest BCUT2D eigenvalue weighted by molar-refractivity contribution is 7.99. The lowest BCUT2D eigenvalue weighted by Crippen LogP contribution is -2.15. The minimum atomic E-state index is -0.0511. The second-order valence-corrected chi connectivity index (χ2v) is 7.84. The summed E-state index contributed by atoms with van der Waals surface area (Å²) in [7, 11) is 0. The number of carbonyl (C=O) groups is 1. The zero-order valence-electron chi connectivity index (χ0n) is 14.4. The molecule has 25 heavy (non-hydrogen) atoms. The molecule has 0 bridgehead atoms. The molecule has 3 aromatic rings. The summed E-state index contributed by atoms with van der Waals surface area (Å²) in [6, 6.07) is 12.0. The van der Waals surface area contributed by atoms with E-state index in [1.165, 1.54) is 17.3 Å². The molecule has 3 rings (SSSR count). The molecule has 0 aliphatic rings. The molecule has 0 fully saturated rings. The van der Waals surface area contributed by atoms with Gasteiger partial charge in [0.05, 0.1) is 10.6 Å². The minimum Gasteiger partial charge on any atom is -0.325 e. The summed E-state index contributed by atoms with van der Waals surface area (Å²) in [4.78, 5) is 13.3. The van der Waals surface area contributed by atoms with Gasteiger partial charge >= 0.3 is 0 Å². The van der Waals surface area contributed by atoms with E-state index >= 15 is 0 Å². The first-order valence-electron chi connectivity index (χ1n) is 8.02. The maximum atomic E-state index is 12.2. The second-order valence-electron chi connectivity index (χ2n) is 5.95. The first-order chi connectivity index (χ1) is 12.0. The van der Waals surface area contributed by atoms with Crippen LogP contribution >= 0.6 is 23.1 Å². The molecule has 0 radical (unpaired) electrons. The molecule has 0 saturated carbocycles. The zero-order chi connectivity index (χ0) is 17.8. The zero-order valence-corrected chi connectivity index (χ0v) is 16.0. The number of nitrogens with zero attached hydrogens (tertiary/aromatic N) is 3. The quantitative estimate of drug-likeness (QED) is 0.641. The number of aromatic nitrogens is 3. The third kappa shape index (κ3) is 4.29. The van der Waals surface area contributed by atoms with E-state index in [0.717, 1.165) is 21.5 Å². The van der Waals surface area contributed by atoms with E-state index < -0.39 is 0 Å². The summed E-state index contributed by atoms with van der Waals surface area (Å²) < 4.78 is 2.08. The van der Waals surface area contributed by atoms with Crippen molar-refractivity contribution in [2.45, 2.75) is 32.0 Å². The molecule has 0 aliphatic heterocycles. The monoisotopic (exact) mass is 372 g/mol. The third-order valence-electron chi connectivity index (χ3n) is 3.59. The summed E-state index contributed by atoms with van der Waals surface area (Å²) >= 11 is 3.04. The van der Waals surface area contributed by atoms with Crippen molar-refractivity contribution in [2.75, 3.05) is 11.1 Å². The van der Waals surface area contributed by atoms with Crippen LogP contribution in [0.5, 0.6) is 0 Å². The number of carbonyl (C=O) groups excluding carboxylic acids is 1. The number of rotatable bonds is 6. The number of amides is 1. The molecule has 1 amide bonds. The Hall–Kier alpha value is -2.12. The van der Waals surface area contributed by atoms with Crippen LogP contribution in [0.2, 0.25) is 0 Å². The van der Waals surface area contributed by atoms with Crippen molar-refractivity contribution in [1.29, 1.82) is 0 Å². The van der Waals surface area contributed by atoms with Crippen molar-refractivity contribution < 1.29 is 4.79 Å². The van der Waals surface area contributed by atoms with E-state index in [4.69, 9.17) is 0 Å². The number of hydrogen-bond donors (Lipinski definition) is 1. The molecule has 5 nitrogen and oxygen atoms in total. The van der Waals surface area contributed by atoms with Crippen LogP contribution in [0.1, 0.15) is 25.5 Å². The van der Waals surface area contributed by atoms with E-state index in [1.54, 1.807) is 11.3 Å². The predicted octanol–water partition coefficient (Wildman–Crippen LogP) is 4.63. The van der Waals surface area contributed by atoms with Crippen molar-refractivity contribution >= 4 is 34.7 Å². The fraction of sp³-hybridized carbons (Fsp3) is 0.278. The van der Waals surface area contributed by atoms with Crippen molar-refractivity contribution in [3.8, 4) is 10.7 Å². The molecule has 0 spiro atoms. The topological polar surface area (TPSA) is 59.8 Å². The lowest BCUT2D eigenvalue weighted by Gasteiger charge is -2.13. The van der Waals surface area contributed by atoms with Crippen LogP contribution in [-0.4, -0.2) is 26.4 Å². The summed E-state index contributed by atoms with van der Waals surface area (Å²) in [6.07, 6.45) is 0. The lowest BCUT2D eigenvalue weighted by atomic mass is 10.2. The van der Waals surface area contributed by atoms with Crippen LogP contribution in [0.4, 0.5) is 5.69 Å². The Kier molecular flexibility index (Phi) is 5.55. The van der Waals surface area contributed by atoms with E-state index in [1.807, 2.05) is 48.7 Å². The van der Waals surface area contributed by atoms with Gasteiger partial charge in [0, 0.05) is 11.7 Å². The maximum Gasteiger partial charge on any atom is 0.234 e. The van der Waals surface area contributed by atoms with Gasteiger partial charge in [-0.15, -0.1) is 21.5 Å².